The third-order valence-electron chi connectivity index (χ3n) is 4.89. The number of terminal acetylenes is 1. The van der Waals surface area contributed by atoms with Gasteiger partial charge in [-0.05, 0) is 52.9 Å². The van der Waals surface area contributed by atoms with E-state index in [2.05, 4.69) is 57.1 Å². The smallest absolute Gasteiger partial charge is 0.237 e. The molecule has 8 nitrogen and oxygen atoms in total. The largest absolute Gasteiger partial charge is 0.372 e. The average Bonchev–Trinajstić information content (AvgIpc) is 3.16. The zero-order valence-electron chi connectivity index (χ0n) is 21.5. The van der Waals surface area contributed by atoms with Gasteiger partial charge in [-0.3, -0.25) is 14.5 Å². The van der Waals surface area contributed by atoms with Gasteiger partial charge in [-0.2, -0.15) is 0 Å². The van der Waals surface area contributed by atoms with Crippen LogP contribution in [0.15, 0.2) is 18.3 Å². The molecule has 1 aliphatic rings. The number of aromatic nitrogens is 2. The van der Waals surface area contributed by atoms with Gasteiger partial charge in [-0.15, -0.1) is 12.8 Å². The Kier molecular flexibility index (Phi) is 16.5. The number of nitrogens with one attached hydrogen (secondary N) is 2. The molecule has 0 aromatic carbocycles. The third kappa shape index (κ3) is 12.7. The van der Waals surface area contributed by atoms with Gasteiger partial charge in [0.05, 0.1) is 11.6 Å². The van der Waals surface area contributed by atoms with Crippen LogP contribution in [0, 0.1) is 37.5 Å². The highest BCUT2D eigenvalue weighted by Gasteiger charge is 2.31. The number of amides is 1. The van der Waals surface area contributed by atoms with Crippen LogP contribution in [0.3, 0.4) is 0 Å². The van der Waals surface area contributed by atoms with Gasteiger partial charge in [0.25, 0.3) is 0 Å². The highest BCUT2D eigenvalue weighted by molar-refractivity contribution is 5.82. The second kappa shape index (κ2) is 18.3. The van der Waals surface area contributed by atoms with Crippen molar-refractivity contribution < 1.29 is 9.59 Å². The molecule has 1 unspecified atom stereocenters. The number of hydrogen-bond acceptors (Lipinski definition) is 7. The topological polar surface area (TPSA) is 90.5 Å². The molecule has 34 heavy (non-hydrogen) atoms. The van der Waals surface area contributed by atoms with Crippen molar-refractivity contribution in [1.29, 1.82) is 0 Å². The minimum absolute atomic E-state index is 0.0222. The van der Waals surface area contributed by atoms with Crippen molar-refractivity contribution in [2.75, 3.05) is 53.1 Å². The Hall–Kier alpha value is -3.20. The lowest BCUT2D eigenvalue weighted by Gasteiger charge is -2.18. The van der Waals surface area contributed by atoms with Crippen molar-refractivity contribution in [3.05, 3.63) is 29.7 Å². The average molecular weight is 469 g/mol. The van der Waals surface area contributed by atoms with Crippen LogP contribution >= 0.6 is 0 Å². The van der Waals surface area contributed by atoms with Gasteiger partial charge in [0.1, 0.15) is 17.9 Å². The standard InChI is InChI=1S/C18H27N5O.C6H11NO.C2H2/c1-13-10-16(23(4)12-13)18(24)20-9-7-5-6-8-15-11-21-14(2)22-17(15)19-3;1-7(2)5-3-4-6-8;1-2/h11,13,16H,5,7,9-10,12H2,1-4H3,(H,20,24)(H,19,21,22);3-4,6H,5H2,1-2H3;1-2H/b;4-3+;/t13-,16?;;/m0../s1. The lowest BCUT2D eigenvalue weighted by Crippen LogP contribution is -2.41. The molecule has 2 heterocycles. The molecular formula is C26H40N6O2. The van der Waals surface area contributed by atoms with E-state index in [0.717, 1.165) is 55.8 Å². The molecular weight excluding hydrogens is 428 g/mol. The molecule has 1 aliphatic heterocycles. The van der Waals surface area contributed by atoms with E-state index in [9.17, 15) is 9.59 Å². The molecule has 0 aliphatic carbocycles. The first-order valence-corrected chi connectivity index (χ1v) is 11.3. The first-order valence-electron chi connectivity index (χ1n) is 11.3. The molecule has 0 saturated carbocycles. The fourth-order valence-corrected chi connectivity index (χ4v) is 3.30. The van der Waals surface area contributed by atoms with E-state index in [0.29, 0.717) is 12.5 Å². The van der Waals surface area contributed by atoms with E-state index in [1.165, 1.54) is 6.08 Å². The quantitative estimate of drug-likeness (QED) is 0.261. The Balaban J connectivity index is 0.000000924. The zero-order valence-corrected chi connectivity index (χ0v) is 21.5. The minimum Gasteiger partial charge on any atom is -0.372 e. The molecule has 1 aromatic heterocycles. The summed E-state index contributed by atoms with van der Waals surface area (Å²) in [4.78, 5) is 34.4. The number of rotatable bonds is 8. The summed E-state index contributed by atoms with van der Waals surface area (Å²) in [6.07, 6.45) is 16.3. The SMILES string of the molecule is C#C.CN(C)C/C=C/C=O.CNc1nc(C)ncc1C#CCCCNC(=O)C1C[C@H](C)CN1C. The minimum atomic E-state index is 0.0222. The van der Waals surface area contributed by atoms with Gasteiger partial charge in [0.2, 0.25) is 5.91 Å². The van der Waals surface area contributed by atoms with E-state index in [4.69, 9.17) is 0 Å². The fourth-order valence-electron chi connectivity index (χ4n) is 3.30. The highest BCUT2D eigenvalue weighted by atomic mass is 16.2. The van der Waals surface area contributed by atoms with E-state index in [1.807, 2.05) is 46.1 Å². The molecule has 0 bridgehead atoms. The highest BCUT2D eigenvalue weighted by Crippen LogP contribution is 2.20. The number of likely N-dealkylation sites (N-methyl/N-ethyl adjacent to an activating group) is 2. The van der Waals surface area contributed by atoms with Gasteiger partial charge in [-0.25, -0.2) is 9.97 Å². The Bertz CT molecular complexity index is 854. The van der Waals surface area contributed by atoms with Gasteiger partial charge in [0.15, 0.2) is 0 Å². The second-order valence-electron chi connectivity index (χ2n) is 8.25. The summed E-state index contributed by atoms with van der Waals surface area (Å²) in [5, 5.41) is 6.05. The Morgan fingerprint density at radius 2 is 2.09 bits per heavy atom. The summed E-state index contributed by atoms with van der Waals surface area (Å²) >= 11 is 0. The second-order valence-corrected chi connectivity index (χ2v) is 8.25. The Morgan fingerprint density at radius 3 is 2.65 bits per heavy atom. The monoisotopic (exact) mass is 468 g/mol. The maximum atomic E-state index is 12.2. The summed E-state index contributed by atoms with van der Waals surface area (Å²) in [5.41, 5.74) is 0.800. The maximum absolute atomic E-state index is 12.2. The van der Waals surface area contributed by atoms with Gasteiger partial charge < -0.3 is 15.5 Å². The number of aldehydes is 1. The molecule has 1 saturated heterocycles. The van der Waals surface area contributed by atoms with Gasteiger partial charge in [0, 0.05) is 39.3 Å². The number of carbonyl (C=O) groups excluding carboxylic acids is 2. The predicted octanol–water partition coefficient (Wildman–Crippen LogP) is 1.97. The van der Waals surface area contributed by atoms with Crippen LogP contribution in [-0.4, -0.2) is 85.8 Å². The van der Waals surface area contributed by atoms with Crippen LogP contribution < -0.4 is 10.6 Å². The van der Waals surface area contributed by atoms with Crippen molar-refractivity contribution >= 4 is 18.0 Å². The number of anilines is 1. The maximum Gasteiger partial charge on any atom is 0.237 e. The van der Waals surface area contributed by atoms with Crippen LogP contribution in [0.4, 0.5) is 5.82 Å². The Morgan fingerprint density at radius 1 is 1.38 bits per heavy atom. The molecule has 0 spiro atoms. The number of allylic oxidation sites excluding steroid dienone is 1. The lowest BCUT2D eigenvalue weighted by molar-refractivity contribution is -0.125. The summed E-state index contributed by atoms with van der Waals surface area (Å²) < 4.78 is 0. The molecule has 1 amide bonds. The molecule has 8 heteroatoms. The number of aryl methyl sites for hydroxylation is 1. The summed E-state index contributed by atoms with van der Waals surface area (Å²) in [7, 11) is 7.75. The number of carbonyl (C=O) groups is 2. The van der Waals surface area contributed by atoms with Crippen LogP contribution in [0.5, 0.6) is 0 Å². The fraction of sp³-hybridized carbons (Fsp3) is 0.538. The summed E-state index contributed by atoms with van der Waals surface area (Å²) in [6, 6.07) is 0.0222. The molecule has 0 radical (unpaired) electrons. The van der Waals surface area contributed by atoms with E-state index in [1.54, 1.807) is 6.20 Å². The third-order valence-corrected chi connectivity index (χ3v) is 4.89. The van der Waals surface area contributed by atoms with E-state index in [-0.39, 0.29) is 11.9 Å². The first-order chi connectivity index (χ1) is 16.3. The first kappa shape index (κ1) is 30.8. The van der Waals surface area contributed by atoms with Crippen LogP contribution in [0.25, 0.3) is 0 Å². The number of nitrogens with zero attached hydrogens (tertiary/aromatic N) is 4. The van der Waals surface area contributed by atoms with E-state index >= 15 is 0 Å². The van der Waals surface area contributed by atoms with Crippen molar-refractivity contribution in [3.8, 4) is 24.7 Å². The number of unbranched alkanes of at least 4 members (excludes halogenated alkanes) is 1. The molecule has 2 rings (SSSR count). The molecule has 186 valence electrons. The van der Waals surface area contributed by atoms with E-state index < -0.39 is 0 Å². The van der Waals surface area contributed by atoms with Crippen LogP contribution in [0.1, 0.15) is 37.6 Å². The zero-order chi connectivity index (χ0) is 25.9. The van der Waals surface area contributed by atoms with Crippen LogP contribution in [-0.2, 0) is 9.59 Å². The van der Waals surface area contributed by atoms with Gasteiger partial charge >= 0.3 is 0 Å². The number of likely N-dealkylation sites (tertiary alicyclic amines) is 1. The molecule has 1 aromatic rings. The Labute approximate surface area is 205 Å². The lowest BCUT2D eigenvalue weighted by atomic mass is 10.1. The van der Waals surface area contributed by atoms with Gasteiger partial charge in [-0.1, -0.05) is 24.8 Å². The number of hydrogen-bond donors (Lipinski definition) is 2. The predicted molar refractivity (Wildman–Crippen MR) is 139 cm³/mol. The summed E-state index contributed by atoms with van der Waals surface area (Å²) in [5.74, 6) is 8.42. The van der Waals surface area contributed by atoms with Crippen molar-refractivity contribution in [2.24, 2.45) is 5.92 Å². The summed E-state index contributed by atoms with van der Waals surface area (Å²) in [6.45, 7) is 6.53. The molecule has 2 atom stereocenters. The molecule has 1 fully saturated rings. The van der Waals surface area contributed by atoms with Crippen molar-refractivity contribution in [2.45, 2.75) is 39.2 Å². The van der Waals surface area contributed by atoms with Crippen molar-refractivity contribution in [3.63, 3.8) is 0 Å². The van der Waals surface area contributed by atoms with Crippen LogP contribution in [0.2, 0.25) is 0 Å². The van der Waals surface area contributed by atoms with Crippen molar-refractivity contribution in [1.82, 2.24) is 25.1 Å². The normalized spacial score (nSPS) is 17.0. The molecule has 2 N–H and O–H groups in total.